The van der Waals surface area contributed by atoms with Crippen LogP contribution in [0, 0.1) is 12.8 Å². The fourth-order valence-electron chi connectivity index (χ4n) is 2.11. The van der Waals surface area contributed by atoms with Crippen molar-refractivity contribution in [2.24, 2.45) is 5.92 Å². The molecule has 2 heterocycles. The van der Waals surface area contributed by atoms with Crippen LogP contribution >= 0.6 is 0 Å². The van der Waals surface area contributed by atoms with E-state index >= 15 is 0 Å². The van der Waals surface area contributed by atoms with Crippen molar-refractivity contribution in [3.63, 3.8) is 0 Å². The summed E-state index contributed by atoms with van der Waals surface area (Å²) < 4.78 is 5.24. The lowest BCUT2D eigenvalue weighted by Crippen LogP contribution is -2.18. The van der Waals surface area contributed by atoms with E-state index in [-0.39, 0.29) is 12.6 Å². The van der Waals surface area contributed by atoms with Gasteiger partial charge in [0, 0.05) is 19.2 Å². The summed E-state index contributed by atoms with van der Waals surface area (Å²) in [7, 11) is 2.05. The molecule has 0 radical (unpaired) electrons. The molecule has 0 bridgehead atoms. The van der Waals surface area contributed by atoms with E-state index < -0.39 is 0 Å². The zero-order valence-electron chi connectivity index (χ0n) is 8.60. The first-order chi connectivity index (χ1) is 6.70. The molecule has 2 atom stereocenters. The number of aliphatic hydroxyl groups is 1. The van der Waals surface area contributed by atoms with E-state index in [0.29, 0.717) is 5.92 Å². The van der Waals surface area contributed by atoms with Crippen LogP contribution in [0.2, 0.25) is 0 Å². The Kier molecular flexibility index (Phi) is 2.56. The van der Waals surface area contributed by atoms with Gasteiger partial charge in [-0.05, 0) is 26.3 Å². The van der Waals surface area contributed by atoms with Gasteiger partial charge in [-0.2, -0.15) is 0 Å². The highest BCUT2D eigenvalue weighted by molar-refractivity contribution is 5.09. The molecular weight excluding hydrogens is 180 g/mol. The topological polar surface area (TPSA) is 49.5 Å². The number of aliphatic hydroxyl groups excluding tert-OH is 1. The van der Waals surface area contributed by atoms with E-state index in [1.165, 1.54) is 0 Å². The summed E-state index contributed by atoms with van der Waals surface area (Å²) in [6.45, 7) is 3.11. The second-order valence-corrected chi connectivity index (χ2v) is 4.11. The number of likely N-dealkylation sites (tertiary alicyclic amines) is 1. The predicted molar refractivity (Wildman–Crippen MR) is 51.8 cm³/mol. The summed E-state index contributed by atoms with van der Waals surface area (Å²) in [5.74, 6) is 1.29. The first kappa shape index (κ1) is 9.68. The van der Waals surface area contributed by atoms with Gasteiger partial charge in [0.1, 0.15) is 0 Å². The van der Waals surface area contributed by atoms with Crippen molar-refractivity contribution in [3.05, 3.63) is 17.5 Å². The molecule has 1 aliphatic heterocycles. The van der Waals surface area contributed by atoms with Crippen LogP contribution in [0.25, 0.3) is 0 Å². The maximum absolute atomic E-state index is 9.08. The monoisotopic (exact) mass is 196 g/mol. The van der Waals surface area contributed by atoms with Gasteiger partial charge in [-0.25, -0.2) is 0 Å². The van der Waals surface area contributed by atoms with Crippen molar-refractivity contribution in [1.82, 2.24) is 10.1 Å². The Labute approximate surface area is 83.5 Å². The van der Waals surface area contributed by atoms with Crippen LogP contribution in [0.3, 0.4) is 0 Å². The van der Waals surface area contributed by atoms with Crippen molar-refractivity contribution < 1.29 is 9.63 Å². The van der Waals surface area contributed by atoms with Crippen molar-refractivity contribution >= 4 is 0 Å². The summed E-state index contributed by atoms with van der Waals surface area (Å²) in [5, 5.41) is 13.0. The molecule has 1 aliphatic rings. The maximum atomic E-state index is 9.08. The number of nitrogens with zero attached hydrogens (tertiary/aromatic N) is 2. The van der Waals surface area contributed by atoms with Crippen LogP contribution in [-0.4, -0.2) is 35.4 Å². The largest absolute Gasteiger partial charge is 0.396 e. The third-order valence-corrected chi connectivity index (χ3v) is 2.87. The molecule has 4 heteroatoms. The first-order valence-corrected chi connectivity index (χ1v) is 4.95. The molecule has 0 aliphatic carbocycles. The van der Waals surface area contributed by atoms with Gasteiger partial charge in [-0.1, -0.05) is 5.16 Å². The molecule has 1 aromatic rings. The van der Waals surface area contributed by atoms with E-state index in [9.17, 15) is 0 Å². The van der Waals surface area contributed by atoms with Crippen LogP contribution in [0.4, 0.5) is 0 Å². The Morgan fingerprint density at radius 1 is 1.71 bits per heavy atom. The van der Waals surface area contributed by atoms with Gasteiger partial charge in [0.2, 0.25) is 0 Å². The number of aromatic nitrogens is 1. The molecule has 0 saturated carbocycles. The molecule has 2 rings (SSSR count). The molecule has 1 saturated heterocycles. The highest BCUT2D eigenvalue weighted by Crippen LogP contribution is 2.33. The van der Waals surface area contributed by atoms with Crippen LogP contribution in [0.15, 0.2) is 10.6 Å². The van der Waals surface area contributed by atoms with E-state index in [1.807, 2.05) is 13.0 Å². The number of hydrogen-bond acceptors (Lipinski definition) is 4. The van der Waals surface area contributed by atoms with Crippen LogP contribution in [0.1, 0.15) is 23.9 Å². The van der Waals surface area contributed by atoms with Crippen LogP contribution in [-0.2, 0) is 0 Å². The second-order valence-electron chi connectivity index (χ2n) is 4.11. The van der Waals surface area contributed by atoms with Gasteiger partial charge < -0.3 is 9.63 Å². The number of hydrogen-bond donors (Lipinski definition) is 1. The third kappa shape index (κ3) is 1.67. The van der Waals surface area contributed by atoms with E-state index in [1.54, 1.807) is 0 Å². The van der Waals surface area contributed by atoms with Crippen molar-refractivity contribution in [2.75, 3.05) is 20.2 Å². The molecule has 4 nitrogen and oxygen atoms in total. The minimum absolute atomic E-state index is 0.258. The average molecular weight is 196 g/mol. The molecule has 0 aromatic carbocycles. The zero-order valence-corrected chi connectivity index (χ0v) is 8.60. The Morgan fingerprint density at radius 2 is 2.50 bits per heavy atom. The molecular formula is C10H16N2O2. The molecule has 1 fully saturated rings. The predicted octanol–water partition coefficient (Wildman–Crippen LogP) is 0.968. The quantitative estimate of drug-likeness (QED) is 0.765. The highest BCUT2D eigenvalue weighted by atomic mass is 16.5. The standard InChI is InChI=1S/C10H16N2O2/c1-7-3-10(14-11-7)9-4-8(6-13)5-12(9)2/h3,8-9,13H,4-6H2,1-2H3/t8-,9-/m0/s1. The zero-order chi connectivity index (χ0) is 10.1. The molecule has 0 amide bonds. The van der Waals surface area contributed by atoms with E-state index in [0.717, 1.165) is 24.4 Å². The molecule has 0 unspecified atom stereocenters. The lowest BCUT2D eigenvalue weighted by molar-refractivity contribution is 0.226. The maximum Gasteiger partial charge on any atom is 0.154 e. The summed E-state index contributed by atoms with van der Waals surface area (Å²) in [6.07, 6.45) is 0.960. The van der Waals surface area contributed by atoms with Crippen LogP contribution < -0.4 is 0 Å². The fraction of sp³-hybridized carbons (Fsp3) is 0.700. The number of aryl methyl sites for hydroxylation is 1. The SMILES string of the molecule is Cc1cc([C@@H]2C[C@H](CO)CN2C)on1. The summed E-state index contributed by atoms with van der Waals surface area (Å²) >= 11 is 0. The second kappa shape index (κ2) is 3.71. The minimum Gasteiger partial charge on any atom is -0.396 e. The Bertz CT molecular complexity index is 311. The van der Waals surface area contributed by atoms with Gasteiger partial charge in [-0.15, -0.1) is 0 Å². The molecule has 1 N–H and O–H groups in total. The first-order valence-electron chi connectivity index (χ1n) is 4.95. The minimum atomic E-state index is 0.258. The molecule has 0 spiro atoms. The number of rotatable bonds is 2. The smallest absolute Gasteiger partial charge is 0.154 e. The van der Waals surface area contributed by atoms with Gasteiger partial charge in [-0.3, -0.25) is 4.90 Å². The fourth-order valence-corrected chi connectivity index (χ4v) is 2.11. The van der Waals surface area contributed by atoms with Gasteiger partial charge >= 0.3 is 0 Å². The lowest BCUT2D eigenvalue weighted by atomic mass is 10.1. The van der Waals surface area contributed by atoms with Crippen molar-refractivity contribution in [2.45, 2.75) is 19.4 Å². The van der Waals surface area contributed by atoms with E-state index in [2.05, 4.69) is 17.1 Å². The average Bonchev–Trinajstić information content (AvgIpc) is 2.71. The van der Waals surface area contributed by atoms with Crippen molar-refractivity contribution in [1.29, 1.82) is 0 Å². The highest BCUT2D eigenvalue weighted by Gasteiger charge is 2.32. The Hall–Kier alpha value is -0.870. The summed E-state index contributed by atoms with van der Waals surface area (Å²) in [6, 6.07) is 2.26. The molecule has 14 heavy (non-hydrogen) atoms. The Morgan fingerprint density at radius 3 is 3.00 bits per heavy atom. The van der Waals surface area contributed by atoms with Gasteiger partial charge in [0.25, 0.3) is 0 Å². The summed E-state index contributed by atoms with van der Waals surface area (Å²) in [5.41, 5.74) is 0.917. The summed E-state index contributed by atoms with van der Waals surface area (Å²) in [4.78, 5) is 2.21. The van der Waals surface area contributed by atoms with E-state index in [4.69, 9.17) is 9.63 Å². The molecule has 78 valence electrons. The lowest BCUT2D eigenvalue weighted by Gasteiger charge is -2.15. The third-order valence-electron chi connectivity index (χ3n) is 2.87. The normalized spacial score (nSPS) is 28.5. The van der Waals surface area contributed by atoms with Gasteiger partial charge in [0.15, 0.2) is 5.76 Å². The Balaban J connectivity index is 2.12. The molecule has 1 aromatic heterocycles. The van der Waals surface area contributed by atoms with Crippen LogP contribution in [0.5, 0.6) is 0 Å². The van der Waals surface area contributed by atoms with Gasteiger partial charge in [0.05, 0.1) is 11.7 Å². The van der Waals surface area contributed by atoms with Crippen molar-refractivity contribution in [3.8, 4) is 0 Å².